The van der Waals surface area contributed by atoms with Gasteiger partial charge in [-0.25, -0.2) is 9.97 Å². The van der Waals surface area contributed by atoms with Gasteiger partial charge in [0.05, 0.1) is 11.6 Å². The summed E-state index contributed by atoms with van der Waals surface area (Å²) in [6, 6.07) is 0. The Kier molecular flexibility index (Phi) is 4.49. The molecule has 0 aromatic carbocycles. The summed E-state index contributed by atoms with van der Waals surface area (Å²) in [5.41, 5.74) is 0.738. The van der Waals surface area contributed by atoms with Crippen molar-refractivity contribution in [1.29, 1.82) is 0 Å². The first kappa shape index (κ1) is 13.2. The van der Waals surface area contributed by atoms with E-state index in [0.717, 1.165) is 24.1 Å². The summed E-state index contributed by atoms with van der Waals surface area (Å²) in [6.07, 6.45) is 5.11. The maximum Gasteiger partial charge on any atom is 0.162 e. The van der Waals surface area contributed by atoms with E-state index in [-0.39, 0.29) is 0 Å². The van der Waals surface area contributed by atoms with Gasteiger partial charge in [0.25, 0.3) is 0 Å². The monoisotopic (exact) mass is 268 g/mol. The molecule has 2 aromatic rings. The molecule has 0 spiro atoms. The summed E-state index contributed by atoms with van der Waals surface area (Å²) in [6.45, 7) is 3.29. The van der Waals surface area contributed by atoms with Gasteiger partial charge in [0.15, 0.2) is 11.5 Å². The highest BCUT2D eigenvalue weighted by molar-refractivity contribution is 6.33. The van der Waals surface area contributed by atoms with Gasteiger partial charge in [0.2, 0.25) is 0 Å². The van der Waals surface area contributed by atoms with Crippen molar-refractivity contribution in [3.63, 3.8) is 0 Å². The number of halogens is 1. The molecule has 0 atom stereocenters. The zero-order valence-corrected chi connectivity index (χ0v) is 11.4. The van der Waals surface area contributed by atoms with E-state index in [0.29, 0.717) is 17.6 Å². The number of hydrogen-bond donors (Lipinski definition) is 0. The van der Waals surface area contributed by atoms with E-state index in [1.807, 2.05) is 7.05 Å². The van der Waals surface area contributed by atoms with Crippen LogP contribution in [0.1, 0.15) is 32.0 Å². The van der Waals surface area contributed by atoms with Gasteiger partial charge in [-0.05, 0) is 6.42 Å². The highest BCUT2D eigenvalue weighted by atomic mass is 35.5. The van der Waals surface area contributed by atoms with Crippen LogP contribution in [-0.2, 0) is 18.4 Å². The Morgan fingerprint density at radius 3 is 2.94 bits per heavy atom. The largest absolute Gasteiger partial charge is 0.373 e. The third-order valence-corrected chi connectivity index (χ3v) is 3.00. The van der Waals surface area contributed by atoms with E-state index in [4.69, 9.17) is 16.3 Å². The smallest absolute Gasteiger partial charge is 0.162 e. The molecule has 2 heterocycles. The van der Waals surface area contributed by atoms with Crippen molar-refractivity contribution in [3.8, 4) is 0 Å². The summed E-state index contributed by atoms with van der Waals surface area (Å²) in [7, 11) is 1.83. The predicted molar refractivity (Wildman–Crippen MR) is 70.5 cm³/mol. The Bertz CT molecular complexity index is 526. The third-order valence-electron chi connectivity index (χ3n) is 2.72. The van der Waals surface area contributed by atoms with E-state index < -0.39 is 0 Å². The summed E-state index contributed by atoms with van der Waals surface area (Å²) in [5.74, 6) is 0.604. The minimum atomic E-state index is 0.393. The highest BCUT2D eigenvalue weighted by Gasteiger charge is 2.09. The number of hydrogen-bond acceptors (Lipinski definition) is 4. The van der Waals surface area contributed by atoms with Crippen molar-refractivity contribution in [3.05, 3.63) is 17.2 Å². The molecule has 2 aromatic heterocycles. The number of aromatic nitrogens is 4. The third kappa shape index (κ3) is 2.97. The molecule has 0 aliphatic heterocycles. The van der Waals surface area contributed by atoms with Crippen molar-refractivity contribution in [2.24, 2.45) is 7.05 Å². The molecule has 0 amide bonds. The van der Waals surface area contributed by atoms with E-state index in [1.54, 1.807) is 10.9 Å². The minimum absolute atomic E-state index is 0.393. The van der Waals surface area contributed by atoms with Crippen LogP contribution in [0.2, 0.25) is 5.15 Å². The first-order valence-electron chi connectivity index (χ1n) is 6.14. The Labute approximate surface area is 111 Å². The Morgan fingerprint density at radius 2 is 2.17 bits per heavy atom. The lowest BCUT2D eigenvalue weighted by atomic mass is 10.3. The van der Waals surface area contributed by atoms with Gasteiger partial charge in [0, 0.05) is 13.7 Å². The number of unbranched alkanes of at least 4 members (excludes halogenated alkanes) is 2. The molecule has 5 nitrogen and oxygen atoms in total. The molecule has 0 bridgehead atoms. The van der Waals surface area contributed by atoms with Gasteiger partial charge in [-0.2, -0.15) is 5.10 Å². The van der Waals surface area contributed by atoms with Crippen molar-refractivity contribution >= 4 is 22.6 Å². The topological polar surface area (TPSA) is 52.8 Å². The molecule has 0 saturated heterocycles. The average Bonchev–Trinajstić information content (AvgIpc) is 2.72. The van der Waals surface area contributed by atoms with Crippen LogP contribution in [0.25, 0.3) is 11.0 Å². The zero-order chi connectivity index (χ0) is 13.0. The average molecular weight is 269 g/mol. The molecule has 0 radical (unpaired) electrons. The van der Waals surface area contributed by atoms with Gasteiger partial charge in [0.1, 0.15) is 11.8 Å². The van der Waals surface area contributed by atoms with Gasteiger partial charge >= 0.3 is 0 Å². The maximum atomic E-state index is 6.08. The Hall–Kier alpha value is -1.20. The standard InChI is InChI=1S/C12H17ClN4O/c1-3-4-5-6-18-8-10-15-11(13)9-7-14-17(2)12(9)16-10/h7H,3-6,8H2,1-2H3. The summed E-state index contributed by atoms with van der Waals surface area (Å²) < 4.78 is 7.21. The number of ether oxygens (including phenoxy) is 1. The van der Waals surface area contributed by atoms with Gasteiger partial charge < -0.3 is 4.74 Å². The van der Waals surface area contributed by atoms with E-state index in [1.165, 1.54) is 12.8 Å². The second-order valence-corrected chi connectivity index (χ2v) is 4.55. The van der Waals surface area contributed by atoms with Crippen molar-refractivity contribution in [2.75, 3.05) is 6.61 Å². The molecular weight excluding hydrogens is 252 g/mol. The quantitative estimate of drug-likeness (QED) is 0.597. The lowest BCUT2D eigenvalue weighted by molar-refractivity contribution is 0.112. The van der Waals surface area contributed by atoms with Crippen LogP contribution in [0.4, 0.5) is 0 Å². The van der Waals surface area contributed by atoms with Crippen molar-refractivity contribution < 1.29 is 4.74 Å². The Morgan fingerprint density at radius 1 is 1.33 bits per heavy atom. The van der Waals surface area contributed by atoms with Crippen LogP contribution in [0.3, 0.4) is 0 Å². The second-order valence-electron chi connectivity index (χ2n) is 4.20. The lowest BCUT2D eigenvalue weighted by Crippen LogP contribution is -2.03. The van der Waals surface area contributed by atoms with Gasteiger partial charge in [-0.3, -0.25) is 4.68 Å². The van der Waals surface area contributed by atoms with Crippen molar-refractivity contribution in [2.45, 2.75) is 32.8 Å². The second kappa shape index (κ2) is 6.11. The SMILES string of the molecule is CCCCCOCc1nc(Cl)c2cnn(C)c2n1. The van der Waals surface area contributed by atoms with Crippen LogP contribution >= 0.6 is 11.6 Å². The van der Waals surface area contributed by atoms with Crippen LogP contribution in [0, 0.1) is 0 Å². The summed E-state index contributed by atoms with van der Waals surface area (Å²) in [4.78, 5) is 8.60. The first-order chi connectivity index (χ1) is 8.72. The van der Waals surface area contributed by atoms with Crippen LogP contribution in [0.5, 0.6) is 0 Å². The first-order valence-corrected chi connectivity index (χ1v) is 6.52. The van der Waals surface area contributed by atoms with Crippen LogP contribution in [-0.4, -0.2) is 26.4 Å². The van der Waals surface area contributed by atoms with Gasteiger partial charge in [-0.15, -0.1) is 0 Å². The molecule has 98 valence electrons. The normalized spacial score (nSPS) is 11.3. The highest BCUT2D eigenvalue weighted by Crippen LogP contribution is 2.19. The molecule has 0 saturated carbocycles. The number of fused-ring (bicyclic) bond motifs is 1. The minimum Gasteiger partial charge on any atom is -0.373 e. The van der Waals surface area contributed by atoms with E-state index in [9.17, 15) is 0 Å². The number of rotatable bonds is 6. The molecule has 0 fully saturated rings. The lowest BCUT2D eigenvalue weighted by Gasteiger charge is -2.04. The predicted octanol–water partition coefficient (Wildman–Crippen LogP) is 2.72. The maximum absolute atomic E-state index is 6.08. The van der Waals surface area contributed by atoms with E-state index in [2.05, 4.69) is 22.0 Å². The van der Waals surface area contributed by atoms with E-state index >= 15 is 0 Å². The number of aryl methyl sites for hydroxylation is 1. The van der Waals surface area contributed by atoms with Crippen LogP contribution < -0.4 is 0 Å². The molecule has 18 heavy (non-hydrogen) atoms. The fourth-order valence-corrected chi connectivity index (χ4v) is 1.94. The molecule has 2 rings (SSSR count). The Balaban J connectivity index is 2.02. The zero-order valence-electron chi connectivity index (χ0n) is 10.7. The fourth-order valence-electron chi connectivity index (χ4n) is 1.71. The fraction of sp³-hybridized carbons (Fsp3) is 0.583. The molecular formula is C12H17ClN4O. The summed E-state index contributed by atoms with van der Waals surface area (Å²) in [5, 5.41) is 5.31. The molecule has 0 aliphatic rings. The van der Waals surface area contributed by atoms with Crippen LogP contribution in [0.15, 0.2) is 6.20 Å². The van der Waals surface area contributed by atoms with Gasteiger partial charge in [-0.1, -0.05) is 31.4 Å². The molecule has 0 unspecified atom stereocenters. The molecule has 6 heteroatoms. The molecule has 0 aliphatic carbocycles. The number of nitrogens with zero attached hydrogens (tertiary/aromatic N) is 4. The summed E-state index contributed by atoms with van der Waals surface area (Å²) >= 11 is 6.08. The molecule has 0 N–H and O–H groups in total. The van der Waals surface area contributed by atoms with Crippen molar-refractivity contribution in [1.82, 2.24) is 19.7 Å².